The van der Waals surface area contributed by atoms with Crippen molar-refractivity contribution < 1.29 is 4.57 Å². The zero-order chi connectivity index (χ0) is 9.14. The Balaban J connectivity index is 3.20. The van der Waals surface area contributed by atoms with Crippen molar-refractivity contribution in [2.24, 2.45) is 7.05 Å². The lowest BCUT2D eigenvalue weighted by molar-refractivity contribution is -0.688. The minimum atomic E-state index is 0.374. The maximum Gasteiger partial charge on any atom is 0.312 e. The highest BCUT2D eigenvalue weighted by Gasteiger charge is 2.11. The Labute approximate surface area is 72.3 Å². The van der Waals surface area contributed by atoms with Gasteiger partial charge in [-0.15, -0.1) is 0 Å². The van der Waals surface area contributed by atoms with E-state index in [2.05, 4.69) is 11.1 Å². The molecule has 0 unspecified atom stereocenters. The van der Waals surface area contributed by atoms with Gasteiger partial charge in [0.05, 0.1) is 13.1 Å². The van der Waals surface area contributed by atoms with E-state index in [1.165, 1.54) is 0 Å². The summed E-state index contributed by atoms with van der Waals surface area (Å²) in [5, 5.41) is 8.52. The fourth-order valence-corrected chi connectivity index (χ4v) is 1.14. The fourth-order valence-electron chi connectivity index (χ4n) is 1.14. The molecular weight excluding hydrogens is 150 g/mol. The average molecular weight is 162 g/mol. The van der Waals surface area contributed by atoms with E-state index in [4.69, 9.17) is 5.26 Å². The molecule has 0 aromatic carbocycles. The molecule has 1 rings (SSSR count). The molecule has 0 amide bonds. The molecule has 0 bridgehead atoms. The van der Waals surface area contributed by atoms with Crippen molar-refractivity contribution in [1.82, 2.24) is 4.98 Å². The van der Waals surface area contributed by atoms with Gasteiger partial charge in [0.15, 0.2) is 5.69 Å². The predicted octanol–water partition coefficient (Wildman–Crippen LogP) is 0.589. The van der Waals surface area contributed by atoms with Crippen LogP contribution in [0.5, 0.6) is 0 Å². The Morgan fingerprint density at radius 2 is 2.25 bits per heavy atom. The second kappa shape index (κ2) is 3.31. The summed E-state index contributed by atoms with van der Waals surface area (Å²) in [7, 11) is 1.93. The molecule has 0 saturated carbocycles. The summed E-state index contributed by atoms with van der Waals surface area (Å²) >= 11 is 0. The summed E-state index contributed by atoms with van der Waals surface area (Å²) in [5.41, 5.74) is 2.10. The zero-order valence-corrected chi connectivity index (χ0v) is 7.63. The third kappa shape index (κ3) is 1.59. The number of aromatic nitrogens is 2. The molecule has 62 valence electrons. The quantitative estimate of drug-likeness (QED) is 0.567. The highest BCUT2D eigenvalue weighted by Crippen LogP contribution is 1.96. The van der Waals surface area contributed by atoms with Gasteiger partial charge in [-0.3, -0.25) is 0 Å². The first-order valence-corrected chi connectivity index (χ1v) is 3.85. The van der Waals surface area contributed by atoms with Crippen molar-refractivity contribution in [3.63, 3.8) is 0 Å². The van der Waals surface area contributed by atoms with E-state index < -0.39 is 0 Å². The van der Waals surface area contributed by atoms with Crippen LogP contribution in [0.4, 0.5) is 0 Å². The standard InChI is InChI=1S/C9H12N3/c1-7-6-8(2)12(3)9(11-7)4-5-10/h6H,4H2,1-3H3/q+1. The summed E-state index contributed by atoms with van der Waals surface area (Å²) in [6, 6.07) is 4.10. The molecule has 1 aromatic rings. The van der Waals surface area contributed by atoms with Crippen LogP contribution in [0.25, 0.3) is 0 Å². The molecule has 3 heteroatoms. The summed E-state index contributed by atoms with van der Waals surface area (Å²) in [6.07, 6.45) is 0.374. The Hall–Kier alpha value is -1.43. The summed E-state index contributed by atoms with van der Waals surface area (Å²) in [4.78, 5) is 4.26. The van der Waals surface area contributed by atoms with Gasteiger partial charge in [0, 0.05) is 13.0 Å². The van der Waals surface area contributed by atoms with Crippen LogP contribution in [-0.4, -0.2) is 4.98 Å². The number of rotatable bonds is 1. The normalized spacial score (nSPS) is 9.50. The molecule has 1 aromatic heterocycles. The van der Waals surface area contributed by atoms with E-state index in [9.17, 15) is 0 Å². The second-order valence-corrected chi connectivity index (χ2v) is 2.85. The van der Waals surface area contributed by atoms with E-state index >= 15 is 0 Å². The van der Waals surface area contributed by atoms with Crippen molar-refractivity contribution >= 4 is 0 Å². The van der Waals surface area contributed by atoms with E-state index in [-0.39, 0.29) is 0 Å². The molecule has 0 aliphatic heterocycles. The molecule has 0 N–H and O–H groups in total. The number of hydrogen-bond acceptors (Lipinski definition) is 2. The molecule has 0 radical (unpaired) electrons. The van der Waals surface area contributed by atoms with E-state index in [0.29, 0.717) is 6.42 Å². The smallest absolute Gasteiger partial charge is 0.234 e. The van der Waals surface area contributed by atoms with Crippen molar-refractivity contribution in [3.05, 3.63) is 23.3 Å². The molecule has 0 aliphatic carbocycles. The van der Waals surface area contributed by atoms with Gasteiger partial charge in [-0.1, -0.05) is 4.98 Å². The van der Waals surface area contributed by atoms with Gasteiger partial charge in [0.25, 0.3) is 0 Å². The third-order valence-corrected chi connectivity index (χ3v) is 1.88. The number of nitriles is 1. The van der Waals surface area contributed by atoms with Crippen LogP contribution in [0.15, 0.2) is 6.07 Å². The van der Waals surface area contributed by atoms with Crippen molar-refractivity contribution in [2.45, 2.75) is 20.3 Å². The van der Waals surface area contributed by atoms with Gasteiger partial charge >= 0.3 is 5.82 Å². The van der Waals surface area contributed by atoms with Crippen LogP contribution >= 0.6 is 0 Å². The lowest BCUT2D eigenvalue weighted by atomic mass is 10.3. The molecule has 3 nitrogen and oxygen atoms in total. The van der Waals surface area contributed by atoms with Crippen LogP contribution in [0.2, 0.25) is 0 Å². The lowest BCUT2D eigenvalue weighted by Gasteiger charge is -1.98. The summed E-state index contributed by atoms with van der Waals surface area (Å²) < 4.78 is 1.94. The SMILES string of the molecule is Cc1cc(C)[n+](C)c(CC#N)n1. The third-order valence-electron chi connectivity index (χ3n) is 1.88. The van der Waals surface area contributed by atoms with Crippen LogP contribution in [0.1, 0.15) is 17.2 Å². The van der Waals surface area contributed by atoms with Crippen molar-refractivity contribution in [2.75, 3.05) is 0 Å². The predicted molar refractivity (Wildman–Crippen MR) is 44.2 cm³/mol. The number of aryl methyl sites for hydroxylation is 2. The largest absolute Gasteiger partial charge is 0.312 e. The van der Waals surface area contributed by atoms with E-state index in [1.54, 1.807) is 0 Å². The molecule has 0 saturated heterocycles. The Bertz CT molecular complexity index is 336. The second-order valence-electron chi connectivity index (χ2n) is 2.85. The minimum absolute atomic E-state index is 0.374. The topological polar surface area (TPSA) is 40.6 Å². The van der Waals surface area contributed by atoms with Crippen molar-refractivity contribution in [1.29, 1.82) is 5.26 Å². The first-order chi connectivity index (χ1) is 5.65. The molecule has 0 spiro atoms. The zero-order valence-electron chi connectivity index (χ0n) is 7.63. The molecule has 0 fully saturated rings. The molecule has 0 aliphatic rings. The Morgan fingerprint density at radius 1 is 1.58 bits per heavy atom. The first kappa shape index (κ1) is 8.66. The van der Waals surface area contributed by atoms with E-state index in [0.717, 1.165) is 17.2 Å². The van der Waals surface area contributed by atoms with Gasteiger partial charge in [-0.25, -0.2) is 4.57 Å². The van der Waals surface area contributed by atoms with Crippen LogP contribution in [-0.2, 0) is 13.5 Å². The molecule has 0 atom stereocenters. The van der Waals surface area contributed by atoms with Gasteiger partial charge in [-0.2, -0.15) is 5.26 Å². The lowest BCUT2D eigenvalue weighted by Crippen LogP contribution is -2.38. The molecule has 1 heterocycles. The van der Waals surface area contributed by atoms with Gasteiger partial charge in [0.1, 0.15) is 12.1 Å². The van der Waals surface area contributed by atoms with Gasteiger partial charge in [0.2, 0.25) is 0 Å². The summed E-state index contributed by atoms with van der Waals surface area (Å²) in [5.74, 6) is 0.829. The Kier molecular flexibility index (Phi) is 2.39. The number of hydrogen-bond donors (Lipinski definition) is 0. The minimum Gasteiger partial charge on any atom is -0.234 e. The van der Waals surface area contributed by atoms with Crippen molar-refractivity contribution in [3.8, 4) is 6.07 Å². The molecular formula is C9H12N3+. The van der Waals surface area contributed by atoms with Crippen LogP contribution in [0, 0.1) is 25.2 Å². The van der Waals surface area contributed by atoms with Gasteiger partial charge in [-0.05, 0) is 6.92 Å². The maximum absolute atomic E-state index is 8.52. The highest BCUT2D eigenvalue weighted by atomic mass is 15.0. The average Bonchev–Trinajstić information content (AvgIpc) is 2.00. The van der Waals surface area contributed by atoms with E-state index in [1.807, 2.05) is 31.5 Å². The monoisotopic (exact) mass is 162 g/mol. The Morgan fingerprint density at radius 3 is 2.83 bits per heavy atom. The number of nitrogens with zero attached hydrogens (tertiary/aromatic N) is 3. The van der Waals surface area contributed by atoms with Crippen LogP contribution in [0.3, 0.4) is 0 Å². The maximum atomic E-state index is 8.52. The molecule has 12 heavy (non-hydrogen) atoms. The van der Waals surface area contributed by atoms with Crippen LogP contribution < -0.4 is 4.57 Å². The first-order valence-electron chi connectivity index (χ1n) is 3.85. The summed E-state index contributed by atoms with van der Waals surface area (Å²) in [6.45, 7) is 3.95. The highest BCUT2D eigenvalue weighted by molar-refractivity contribution is 5.04. The van der Waals surface area contributed by atoms with Gasteiger partial charge < -0.3 is 0 Å². The fraction of sp³-hybridized carbons (Fsp3) is 0.444.